The van der Waals surface area contributed by atoms with Gasteiger partial charge in [0.2, 0.25) is 0 Å². The summed E-state index contributed by atoms with van der Waals surface area (Å²) in [6.07, 6.45) is -0.532. The highest BCUT2D eigenvalue weighted by Gasteiger charge is 2.12. The Balaban J connectivity index is 2.57. The second-order valence-electron chi connectivity index (χ2n) is 4.74. The molecule has 0 saturated carbocycles. The summed E-state index contributed by atoms with van der Waals surface area (Å²) in [7, 11) is 3.22. The normalized spacial score (nSPS) is 12.6. The molecule has 0 heterocycles. The fraction of sp³-hybridized carbons (Fsp3) is 0.571. The van der Waals surface area contributed by atoms with Gasteiger partial charge in [-0.15, -0.1) is 0 Å². The van der Waals surface area contributed by atoms with Gasteiger partial charge in [0.15, 0.2) is 11.6 Å². The molecule has 0 amide bonds. The highest BCUT2D eigenvalue weighted by molar-refractivity contribution is 5.49. The molecule has 0 spiro atoms. The molecule has 1 N–H and O–H groups in total. The smallest absolute Gasteiger partial charge is 0.167 e. The van der Waals surface area contributed by atoms with Gasteiger partial charge in [-0.2, -0.15) is 0 Å². The van der Waals surface area contributed by atoms with Crippen LogP contribution in [0.5, 0.6) is 5.75 Å². The van der Waals surface area contributed by atoms with Crippen LogP contribution in [0.2, 0.25) is 0 Å². The van der Waals surface area contributed by atoms with Gasteiger partial charge in [-0.25, -0.2) is 4.39 Å². The number of aliphatic hydroxyl groups excluding tert-OH is 1. The molecular weight excluding hydrogens is 249 g/mol. The van der Waals surface area contributed by atoms with E-state index in [0.717, 1.165) is 0 Å². The molecule has 0 aromatic heterocycles. The lowest BCUT2D eigenvalue weighted by Crippen LogP contribution is -2.32. The lowest BCUT2D eigenvalue weighted by Gasteiger charge is -2.23. The van der Waals surface area contributed by atoms with Crippen molar-refractivity contribution in [3.05, 3.63) is 24.0 Å². The SMILES string of the molecule is COc1ccc(N(C)CC(O)COC(C)C)cc1F. The van der Waals surface area contributed by atoms with Crippen molar-refractivity contribution >= 4 is 5.69 Å². The summed E-state index contributed by atoms with van der Waals surface area (Å²) in [5.74, 6) is -0.208. The van der Waals surface area contributed by atoms with Crippen LogP contribution in [0.3, 0.4) is 0 Å². The monoisotopic (exact) mass is 271 g/mol. The topological polar surface area (TPSA) is 41.9 Å². The van der Waals surface area contributed by atoms with E-state index < -0.39 is 11.9 Å². The van der Waals surface area contributed by atoms with Crippen molar-refractivity contribution in [2.24, 2.45) is 0 Å². The summed E-state index contributed by atoms with van der Waals surface area (Å²) in [6.45, 7) is 4.46. The number of anilines is 1. The first-order valence-corrected chi connectivity index (χ1v) is 6.28. The van der Waals surface area contributed by atoms with Crippen LogP contribution < -0.4 is 9.64 Å². The quantitative estimate of drug-likeness (QED) is 0.824. The molecule has 1 aromatic carbocycles. The molecule has 19 heavy (non-hydrogen) atoms. The summed E-state index contributed by atoms with van der Waals surface area (Å²) in [5.41, 5.74) is 0.682. The van der Waals surface area contributed by atoms with Crippen molar-refractivity contribution in [2.45, 2.75) is 26.1 Å². The van der Waals surface area contributed by atoms with Crippen LogP contribution >= 0.6 is 0 Å². The highest BCUT2D eigenvalue weighted by Crippen LogP contribution is 2.22. The summed E-state index contributed by atoms with van der Waals surface area (Å²) >= 11 is 0. The fourth-order valence-electron chi connectivity index (χ4n) is 1.67. The van der Waals surface area contributed by atoms with E-state index in [1.54, 1.807) is 24.1 Å². The lowest BCUT2D eigenvalue weighted by molar-refractivity contribution is 0.00926. The van der Waals surface area contributed by atoms with Crippen molar-refractivity contribution < 1.29 is 19.0 Å². The molecule has 0 saturated heterocycles. The maximum atomic E-state index is 13.6. The van der Waals surface area contributed by atoms with Gasteiger partial charge in [0, 0.05) is 25.3 Å². The van der Waals surface area contributed by atoms with Crippen molar-refractivity contribution in [3.8, 4) is 5.75 Å². The van der Waals surface area contributed by atoms with Gasteiger partial charge in [0.25, 0.3) is 0 Å². The highest BCUT2D eigenvalue weighted by atomic mass is 19.1. The van der Waals surface area contributed by atoms with Gasteiger partial charge < -0.3 is 19.5 Å². The Kier molecular flexibility index (Phi) is 6.05. The van der Waals surface area contributed by atoms with Crippen molar-refractivity contribution in [1.82, 2.24) is 0 Å². The number of aliphatic hydroxyl groups is 1. The number of hydrogen-bond acceptors (Lipinski definition) is 4. The maximum Gasteiger partial charge on any atom is 0.167 e. The summed E-state index contributed by atoms with van der Waals surface area (Å²) < 4.78 is 23.8. The molecule has 108 valence electrons. The van der Waals surface area contributed by atoms with Gasteiger partial charge in [-0.05, 0) is 26.0 Å². The molecule has 1 atom stereocenters. The van der Waals surface area contributed by atoms with E-state index in [1.807, 2.05) is 13.8 Å². The van der Waals surface area contributed by atoms with Crippen LogP contribution in [0, 0.1) is 5.82 Å². The van der Waals surface area contributed by atoms with Crippen LogP contribution in [0.4, 0.5) is 10.1 Å². The largest absolute Gasteiger partial charge is 0.494 e. The fourth-order valence-corrected chi connectivity index (χ4v) is 1.67. The van der Waals surface area contributed by atoms with Crippen molar-refractivity contribution in [3.63, 3.8) is 0 Å². The third kappa shape index (κ3) is 5.04. The molecule has 0 aliphatic carbocycles. The van der Waals surface area contributed by atoms with Gasteiger partial charge in [-0.3, -0.25) is 0 Å². The second kappa shape index (κ2) is 7.31. The average molecular weight is 271 g/mol. The summed E-state index contributed by atoms with van der Waals surface area (Å²) in [6, 6.07) is 4.70. The molecule has 4 nitrogen and oxygen atoms in total. The Morgan fingerprint density at radius 3 is 2.58 bits per heavy atom. The van der Waals surface area contributed by atoms with Crippen LogP contribution in [-0.4, -0.2) is 44.6 Å². The molecule has 1 rings (SSSR count). The van der Waals surface area contributed by atoms with Crippen LogP contribution in [0.25, 0.3) is 0 Å². The number of halogens is 1. The molecule has 0 bridgehead atoms. The van der Waals surface area contributed by atoms with Gasteiger partial charge >= 0.3 is 0 Å². The van der Waals surface area contributed by atoms with Gasteiger partial charge in [0.05, 0.1) is 25.9 Å². The summed E-state index contributed by atoms with van der Waals surface area (Å²) in [5, 5.41) is 9.81. The van der Waals surface area contributed by atoms with Gasteiger partial charge in [-0.1, -0.05) is 0 Å². The van der Waals surface area contributed by atoms with E-state index in [-0.39, 0.29) is 18.5 Å². The minimum absolute atomic E-state index is 0.0818. The Morgan fingerprint density at radius 1 is 1.37 bits per heavy atom. The van der Waals surface area contributed by atoms with E-state index in [2.05, 4.69) is 0 Å². The van der Waals surface area contributed by atoms with Crippen molar-refractivity contribution in [2.75, 3.05) is 32.2 Å². The lowest BCUT2D eigenvalue weighted by atomic mass is 10.2. The molecule has 0 radical (unpaired) electrons. The number of rotatable bonds is 7. The standard InChI is InChI=1S/C14H22FNO3/c1-10(2)19-9-12(17)8-16(3)11-5-6-14(18-4)13(15)7-11/h5-7,10,12,17H,8-9H2,1-4H3. The van der Waals surface area contributed by atoms with E-state index >= 15 is 0 Å². The van der Waals surface area contributed by atoms with Gasteiger partial charge in [0.1, 0.15) is 0 Å². The zero-order valence-electron chi connectivity index (χ0n) is 11.9. The Morgan fingerprint density at radius 2 is 2.05 bits per heavy atom. The van der Waals surface area contributed by atoms with E-state index in [9.17, 15) is 9.50 Å². The molecular formula is C14H22FNO3. The molecule has 0 aliphatic rings. The first-order valence-electron chi connectivity index (χ1n) is 6.28. The first kappa shape index (κ1) is 15.7. The zero-order chi connectivity index (χ0) is 14.4. The third-order valence-electron chi connectivity index (χ3n) is 2.68. The first-order chi connectivity index (χ1) is 8.93. The number of ether oxygens (including phenoxy) is 2. The molecule has 0 fully saturated rings. The number of likely N-dealkylation sites (N-methyl/N-ethyl adjacent to an activating group) is 1. The Hall–Kier alpha value is -1.33. The van der Waals surface area contributed by atoms with Crippen LogP contribution in [0.15, 0.2) is 18.2 Å². The second-order valence-corrected chi connectivity index (χ2v) is 4.74. The Bertz CT molecular complexity index is 398. The molecule has 5 heteroatoms. The average Bonchev–Trinajstić information content (AvgIpc) is 2.36. The minimum atomic E-state index is -0.613. The van der Waals surface area contributed by atoms with E-state index in [4.69, 9.17) is 9.47 Å². The third-order valence-corrected chi connectivity index (χ3v) is 2.68. The predicted molar refractivity (Wildman–Crippen MR) is 73.3 cm³/mol. The molecule has 0 aliphatic heterocycles. The molecule has 1 aromatic rings. The van der Waals surface area contributed by atoms with E-state index in [1.165, 1.54) is 13.2 Å². The number of nitrogens with zero attached hydrogens (tertiary/aromatic N) is 1. The Labute approximate surface area is 113 Å². The number of benzene rings is 1. The van der Waals surface area contributed by atoms with Crippen LogP contribution in [-0.2, 0) is 4.74 Å². The summed E-state index contributed by atoms with van der Waals surface area (Å²) in [4.78, 5) is 1.77. The minimum Gasteiger partial charge on any atom is -0.494 e. The number of methoxy groups -OCH3 is 1. The van der Waals surface area contributed by atoms with E-state index in [0.29, 0.717) is 12.2 Å². The zero-order valence-corrected chi connectivity index (χ0v) is 11.9. The van der Waals surface area contributed by atoms with Crippen molar-refractivity contribution in [1.29, 1.82) is 0 Å². The maximum absolute atomic E-state index is 13.6. The molecule has 1 unspecified atom stereocenters. The van der Waals surface area contributed by atoms with Crippen LogP contribution in [0.1, 0.15) is 13.8 Å². The predicted octanol–water partition coefficient (Wildman–Crippen LogP) is 2.06. The number of hydrogen-bond donors (Lipinski definition) is 1.